The standard InChI is InChI=1S/C25H25F2N3O/c26-21-9-7-18(8-10-21)17-30-14-11-19(12-15-30)24(23-6-1-2-13-28-23)29-25(31)20-4-3-5-22(27)16-20/h1-10,13,16,19,24H,11-12,14-15,17H2,(H,29,31)/t24-/m0/s1. The number of amides is 1. The molecule has 4 nitrogen and oxygen atoms in total. The van der Waals surface area contributed by atoms with Crippen molar-refractivity contribution in [3.8, 4) is 0 Å². The molecule has 0 bridgehead atoms. The van der Waals surface area contributed by atoms with Crippen LogP contribution in [-0.2, 0) is 6.54 Å². The summed E-state index contributed by atoms with van der Waals surface area (Å²) < 4.78 is 26.7. The molecule has 0 saturated carbocycles. The summed E-state index contributed by atoms with van der Waals surface area (Å²) in [6, 6.07) is 17.8. The summed E-state index contributed by atoms with van der Waals surface area (Å²) >= 11 is 0. The van der Waals surface area contributed by atoms with Crippen LogP contribution in [0.4, 0.5) is 8.78 Å². The molecule has 1 aliphatic heterocycles. The van der Waals surface area contributed by atoms with Crippen LogP contribution < -0.4 is 5.32 Å². The first-order chi connectivity index (χ1) is 15.1. The van der Waals surface area contributed by atoms with Gasteiger partial charge >= 0.3 is 0 Å². The van der Waals surface area contributed by atoms with Gasteiger partial charge in [0.2, 0.25) is 0 Å². The third-order valence-electron chi connectivity index (χ3n) is 5.80. The second-order valence-electron chi connectivity index (χ2n) is 7.96. The Morgan fingerprint density at radius 3 is 2.45 bits per heavy atom. The van der Waals surface area contributed by atoms with Gasteiger partial charge in [-0.15, -0.1) is 0 Å². The molecule has 0 aliphatic carbocycles. The van der Waals surface area contributed by atoms with E-state index in [0.29, 0.717) is 5.56 Å². The van der Waals surface area contributed by atoms with E-state index >= 15 is 0 Å². The van der Waals surface area contributed by atoms with E-state index in [-0.39, 0.29) is 23.7 Å². The van der Waals surface area contributed by atoms with E-state index in [1.807, 2.05) is 30.3 Å². The monoisotopic (exact) mass is 421 g/mol. The smallest absolute Gasteiger partial charge is 0.251 e. The van der Waals surface area contributed by atoms with Crippen LogP contribution >= 0.6 is 0 Å². The minimum absolute atomic E-state index is 0.219. The summed E-state index contributed by atoms with van der Waals surface area (Å²) in [6.45, 7) is 2.53. The van der Waals surface area contributed by atoms with Crippen molar-refractivity contribution in [2.45, 2.75) is 25.4 Å². The highest BCUT2D eigenvalue weighted by molar-refractivity contribution is 5.94. The van der Waals surface area contributed by atoms with Gasteiger partial charge in [-0.1, -0.05) is 24.3 Å². The maximum absolute atomic E-state index is 13.6. The lowest BCUT2D eigenvalue weighted by Crippen LogP contribution is -2.40. The minimum Gasteiger partial charge on any atom is -0.343 e. The normalized spacial score (nSPS) is 16.1. The number of piperidine rings is 1. The summed E-state index contributed by atoms with van der Waals surface area (Å²) in [5.74, 6) is -0.744. The predicted molar refractivity (Wildman–Crippen MR) is 115 cm³/mol. The summed E-state index contributed by atoms with van der Waals surface area (Å²) in [7, 11) is 0. The van der Waals surface area contributed by atoms with Crippen LogP contribution in [0.15, 0.2) is 72.9 Å². The lowest BCUT2D eigenvalue weighted by Gasteiger charge is -2.36. The number of pyridine rings is 1. The van der Waals surface area contributed by atoms with Crippen molar-refractivity contribution in [1.29, 1.82) is 0 Å². The Bertz CT molecular complexity index is 1000. The van der Waals surface area contributed by atoms with Gasteiger partial charge in [-0.05, 0) is 79.9 Å². The minimum atomic E-state index is -0.434. The molecule has 1 aliphatic rings. The van der Waals surface area contributed by atoms with Gasteiger partial charge in [0.15, 0.2) is 0 Å². The first kappa shape index (κ1) is 21.1. The van der Waals surface area contributed by atoms with Crippen LogP contribution in [-0.4, -0.2) is 28.9 Å². The van der Waals surface area contributed by atoms with E-state index < -0.39 is 5.82 Å². The number of halogens is 2. The number of nitrogens with zero attached hydrogens (tertiary/aromatic N) is 2. The SMILES string of the molecule is O=C(N[C@H](c1ccccn1)C1CCN(Cc2ccc(F)cc2)CC1)c1cccc(F)c1. The average molecular weight is 421 g/mol. The van der Waals surface area contributed by atoms with Crippen LogP contribution in [0.2, 0.25) is 0 Å². The van der Waals surface area contributed by atoms with E-state index in [2.05, 4.69) is 15.2 Å². The van der Waals surface area contributed by atoms with Crippen LogP contribution in [0, 0.1) is 17.6 Å². The molecule has 6 heteroatoms. The molecule has 0 spiro atoms. The molecule has 160 valence electrons. The zero-order valence-corrected chi connectivity index (χ0v) is 17.2. The van der Waals surface area contributed by atoms with Crippen LogP contribution in [0.3, 0.4) is 0 Å². The highest BCUT2D eigenvalue weighted by atomic mass is 19.1. The molecule has 0 radical (unpaired) electrons. The number of aromatic nitrogens is 1. The van der Waals surface area contributed by atoms with Gasteiger partial charge in [0.25, 0.3) is 5.91 Å². The fourth-order valence-corrected chi connectivity index (χ4v) is 4.14. The molecular formula is C25H25F2N3O. The van der Waals surface area contributed by atoms with Crippen molar-refractivity contribution < 1.29 is 13.6 Å². The molecule has 1 N–H and O–H groups in total. The third-order valence-corrected chi connectivity index (χ3v) is 5.80. The molecule has 1 fully saturated rings. The van der Waals surface area contributed by atoms with Gasteiger partial charge in [0, 0.05) is 18.3 Å². The quantitative estimate of drug-likeness (QED) is 0.625. The van der Waals surface area contributed by atoms with Crippen LogP contribution in [0.1, 0.15) is 40.5 Å². The molecule has 2 heterocycles. The van der Waals surface area contributed by atoms with Crippen molar-refractivity contribution in [3.63, 3.8) is 0 Å². The number of rotatable bonds is 6. The van der Waals surface area contributed by atoms with Crippen LogP contribution in [0.25, 0.3) is 0 Å². The largest absolute Gasteiger partial charge is 0.343 e. The first-order valence-electron chi connectivity index (χ1n) is 10.5. The number of hydrogen-bond donors (Lipinski definition) is 1. The predicted octanol–water partition coefficient (Wildman–Crippen LogP) is 4.74. The maximum atomic E-state index is 13.6. The van der Waals surface area contributed by atoms with Crippen LogP contribution in [0.5, 0.6) is 0 Å². The molecule has 1 saturated heterocycles. The average Bonchev–Trinajstić information content (AvgIpc) is 2.80. The molecule has 1 amide bonds. The summed E-state index contributed by atoms with van der Waals surface area (Å²) in [4.78, 5) is 19.6. The van der Waals surface area contributed by atoms with Crippen molar-refractivity contribution >= 4 is 5.91 Å². The third kappa shape index (κ3) is 5.52. The van der Waals surface area contributed by atoms with E-state index in [0.717, 1.165) is 43.7 Å². The molecular weight excluding hydrogens is 396 g/mol. The Morgan fingerprint density at radius 2 is 1.77 bits per heavy atom. The van der Waals surface area contributed by atoms with E-state index in [1.54, 1.807) is 12.3 Å². The summed E-state index contributed by atoms with van der Waals surface area (Å²) in [6.07, 6.45) is 3.51. The number of carbonyl (C=O) groups excluding carboxylic acids is 1. The Balaban J connectivity index is 1.44. The van der Waals surface area contributed by atoms with Crippen molar-refractivity contribution in [2.75, 3.05) is 13.1 Å². The number of hydrogen-bond acceptors (Lipinski definition) is 3. The molecule has 31 heavy (non-hydrogen) atoms. The summed E-state index contributed by atoms with van der Waals surface area (Å²) in [5, 5.41) is 3.09. The lowest BCUT2D eigenvalue weighted by atomic mass is 9.87. The highest BCUT2D eigenvalue weighted by Crippen LogP contribution is 2.31. The number of likely N-dealkylation sites (tertiary alicyclic amines) is 1. The van der Waals surface area contributed by atoms with E-state index in [1.165, 1.54) is 30.3 Å². The number of nitrogens with one attached hydrogen (secondary N) is 1. The van der Waals surface area contributed by atoms with Crippen molar-refractivity contribution in [2.24, 2.45) is 5.92 Å². The van der Waals surface area contributed by atoms with Gasteiger partial charge < -0.3 is 5.32 Å². The van der Waals surface area contributed by atoms with Crippen molar-refractivity contribution in [3.05, 3.63) is 101 Å². The molecule has 4 rings (SSSR count). The maximum Gasteiger partial charge on any atom is 0.251 e. The van der Waals surface area contributed by atoms with Gasteiger partial charge in [-0.3, -0.25) is 14.7 Å². The lowest BCUT2D eigenvalue weighted by molar-refractivity contribution is 0.0888. The van der Waals surface area contributed by atoms with Crippen molar-refractivity contribution in [1.82, 2.24) is 15.2 Å². The summed E-state index contributed by atoms with van der Waals surface area (Å²) in [5.41, 5.74) is 2.19. The second-order valence-corrected chi connectivity index (χ2v) is 7.96. The van der Waals surface area contributed by atoms with Gasteiger partial charge in [0.1, 0.15) is 11.6 Å². The molecule has 0 unspecified atom stereocenters. The van der Waals surface area contributed by atoms with E-state index in [4.69, 9.17) is 0 Å². The Kier molecular flexibility index (Phi) is 6.67. The fraction of sp³-hybridized carbons (Fsp3) is 0.280. The molecule has 1 aromatic heterocycles. The first-order valence-corrected chi connectivity index (χ1v) is 10.5. The van der Waals surface area contributed by atoms with Gasteiger partial charge in [-0.2, -0.15) is 0 Å². The molecule has 2 aromatic carbocycles. The Labute approximate surface area is 180 Å². The zero-order valence-electron chi connectivity index (χ0n) is 17.2. The number of benzene rings is 2. The topological polar surface area (TPSA) is 45.2 Å². The van der Waals surface area contributed by atoms with Gasteiger partial charge in [-0.25, -0.2) is 8.78 Å². The van der Waals surface area contributed by atoms with Gasteiger partial charge in [0.05, 0.1) is 11.7 Å². The second kappa shape index (κ2) is 9.79. The zero-order chi connectivity index (χ0) is 21.6. The number of carbonyl (C=O) groups is 1. The van der Waals surface area contributed by atoms with E-state index in [9.17, 15) is 13.6 Å². The Hall–Kier alpha value is -3.12. The Morgan fingerprint density at radius 1 is 1.00 bits per heavy atom. The highest BCUT2D eigenvalue weighted by Gasteiger charge is 2.30. The fourth-order valence-electron chi connectivity index (χ4n) is 4.14. The molecule has 3 aromatic rings. The molecule has 1 atom stereocenters.